The SMILES string of the molecule is COC(=O)C1=C(C)N(c2cc(C)cc(C)c2)/C(=C/c2ccc([N+](=O)[O-])cc2)C1=O. The van der Waals surface area contributed by atoms with E-state index in [0.29, 0.717) is 11.3 Å². The van der Waals surface area contributed by atoms with Gasteiger partial charge in [-0.15, -0.1) is 0 Å². The minimum Gasteiger partial charge on any atom is -0.465 e. The highest BCUT2D eigenvalue weighted by atomic mass is 16.6. The van der Waals surface area contributed by atoms with Crippen LogP contribution < -0.4 is 4.90 Å². The van der Waals surface area contributed by atoms with Crippen LogP contribution in [0.2, 0.25) is 0 Å². The summed E-state index contributed by atoms with van der Waals surface area (Å²) in [6.45, 7) is 5.60. The molecule has 0 N–H and O–H groups in total. The summed E-state index contributed by atoms with van der Waals surface area (Å²) in [5.41, 5.74) is 4.07. The Kier molecular flexibility index (Phi) is 5.32. The molecule has 1 aliphatic heterocycles. The minimum atomic E-state index is -0.700. The smallest absolute Gasteiger partial charge is 0.343 e. The van der Waals surface area contributed by atoms with E-state index in [4.69, 9.17) is 4.74 Å². The van der Waals surface area contributed by atoms with E-state index < -0.39 is 16.7 Å². The molecule has 29 heavy (non-hydrogen) atoms. The van der Waals surface area contributed by atoms with Gasteiger partial charge in [-0.05, 0) is 67.8 Å². The molecule has 0 saturated carbocycles. The van der Waals surface area contributed by atoms with Gasteiger partial charge < -0.3 is 9.64 Å². The van der Waals surface area contributed by atoms with Gasteiger partial charge in [-0.25, -0.2) is 4.79 Å². The highest BCUT2D eigenvalue weighted by Gasteiger charge is 2.38. The predicted octanol–water partition coefficient (Wildman–Crippen LogP) is 4.09. The van der Waals surface area contributed by atoms with E-state index in [2.05, 4.69) is 0 Å². The van der Waals surface area contributed by atoms with Crippen LogP contribution in [0, 0.1) is 24.0 Å². The van der Waals surface area contributed by atoms with Crippen molar-refractivity contribution in [3.63, 3.8) is 0 Å². The number of nitro groups is 1. The molecule has 2 aromatic rings. The fourth-order valence-electron chi connectivity index (χ4n) is 3.42. The Morgan fingerprint density at radius 1 is 1.07 bits per heavy atom. The zero-order valence-electron chi connectivity index (χ0n) is 16.6. The van der Waals surface area contributed by atoms with E-state index in [1.54, 1.807) is 30.0 Å². The Hall–Kier alpha value is -3.74. The number of nitrogens with zero attached hydrogens (tertiary/aromatic N) is 2. The zero-order chi connectivity index (χ0) is 21.3. The van der Waals surface area contributed by atoms with Crippen molar-refractivity contribution in [3.8, 4) is 0 Å². The second-order valence-corrected chi connectivity index (χ2v) is 6.84. The van der Waals surface area contributed by atoms with E-state index in [1.165, 1.54) is 19.2 Å². The quantitative estimate of drug-likeness (QED) is 0.256. The van der Waals surface area contributed by atoms with Crippen LogP contribution in [0.5, 0.6) is 0 Å². The third-order valence-electron chi connectivity index (χ3n) is 4.66. The van der Waals surface area contributed by atoms with Crippen molar-refractivity contribution in [2.24, 2.45) is 0 Å². The van der Waals surface area contributed by atoms with Crippen molar-refractivity contribution in [2.75, 3.05) is 12.0 Å². The normalized spacial score (nSPS) is 15.2. The maximum absolute atomic E-state index is 13.1. The molecule has 1 heterocycles. The molecule has 0 radical (unpaired) electrons. The Morgan fingerprint density at radius 2 is 1.66 bits per heavy atom. The Balaban J connectivity index is 2.16. The number of rotatable bonds is 4. The van der Waals surface area contributed by atoms with Gasteiger partial charge in [0.05, 0.1) is 17.7 Å². The van der Waals surface area contributed by atoms with Crippen LogP contribution in [0.3, 0.4) is 0 Å². The van der Waals surface area contributed by atoms with Crippen LogP contribution in [0.25, 0.3) is 6.08 Å². The number of hydrogen-bond acceptors (Lipinski definition) is 6. The monoisotopic (exact) mass is 392 g/mol. The van der Waals surface area contributed by atoms with Crippen molar-refractivity contribution in [2.45, 2.75) is 20.8 Å². The molecule has 0 fully saturated rings. The molecule has 0 bridgehead atoms. The van der Waals surface area contributed by atoms with E-state index in [0.717, 1.165) is 16.8 Å². The molecule has 3 rings (SSSR count). The summed E-state index contributed by atoms with van der Waals surface area (Å²) in [5.74, 6) is -1.15. The van der Waals surface area contributed by atoms with E-state index in [-0.39, 0.29) is 17.0 Å². The summed E-state index contributed by atoms with van der Waals surface area (Å²) in [6, 6.07) is 11.7. The minimum absolute atomic E-state index is 0.0279. The third-order valence-corrected chi connectivity index (χ3v) is 4.66. The fourth-order valence-corrected chi connectivity index (χ4v) is 3.42. The molecular formula is C22H20N2O5. The number of nitro benzene ring substituents is 1. The van der Waals surface area contributed by atoms with Gasteiger partial charge in [0.1, 0.15) is 5.57 Å². The molecule has 0 saturated heterocycles. The molecule has 0 spiro atoms. The lowest BCUT2D eigenvalue weighted by Crippen LogP contribution is -2.18. The summed E-state index contributed by atoms with van der Waals surface area (Å²) in [4.78, 5) is 37.4. The van der Waals surface area contributed by atoms with Gasteiger partial charge in [0.2, 0.25) is 5.78 Å². The average Bonchev–Trinajstić information content (AvgIpc) is 2.90. The van der Waals surface area contributed by atoms with Crippen LogP contribution in [0.15, 0.2) is 59.4 Å². The topological polar surface area (TPSA) is 89.8 Å². The number of esters is 1. The van der Waals surface area contributed by atoms with Crippen LogP contribution in [0.1, 0.15) is 23.6 Å². The first-order chi connectivity index (χ1) is 13.7. The van der Waals surface area contributed by atoms with Crippen LogP contribution in [0.4, 0.5) is 11.4 Å². The van der Waals surface area contributed by atoms with E-state index in [9.17, 15) is 19.7 Å². The molecule has 0 atom stereocenters. The third kappa shape index (κ3) is 3.80. The number of ether oxygens (including phenoxy) is 1. The summed E-state index contributed by atoms with van der Waals surface area (Å²) in [7, 11) is 1.23. The van der Waals surface area contributed by atoms with Crippen LogP contribution >= 0.6 is 0 Å². The van der Waals surface area contributed by atoms with Crippen LogP contribution in [-0.4, -0.2) is 23.8 Å². The molecule has 0 aromatic heterocycles. The first kappa shape index (κ1) is 20.0. The number of non-ortho nitro benzene ring substituents is 1. The molecular weight excluding hydrogens is 372 g/mol. The summed E-state index contributed by atoms with van der Waals surface area (Å²) < 4.78 is 4.80. The number of ketones is 1. The Labute approximate surface area is 168 Å². The molecule has 0 unspecified atom stereocenters. The number of Topliss-reactive ketones (excluding diaryl/α,β-unsaturated/α-hetero) is 1. The number of carbonyl (C=O) groups is 2. The maximum Gasteiger partial charge on any atom is 0.343 e. The molecule has 148 valence electrons. The lowest BCUT2D eigenvalue weighted by molar-refractivity contribution is -0.384. The number of methoxy groups -OCH3 is 1. The number of aryl methyl sites for hydroxylation is 2. The van der Waals surface area contributed by atoms with Gasteiger partial charge in [-0.2, -0.15) is 0 Å². The van der Waals surface area contributed by atoms with Crippen molar-refractivity contribution in [1.82, 2.24) is 0 Å². The van der Waals surface area contributed by atoms with Gasteiger partial charge >= 0.3 is 5.97 Å². The fraction of sp³-hybridized carbons (Fsp3) is 0.182. The van der Waals surface area contributed by atoms with E-state index in [1.807, 2.05) is 32.0 Å². The molecule has 1 aliphatic rings. The summed E-state index contributed by atoms with van der Waals surface area (Å²) >= 11 is 0. The van der Waals surface area contributed by atoms with E-state index >= 15 is 0 Å². The number of carbonyl (C=O) groups excluding carboxylic acids is 2. The molecule has 0 aliphatic carbocycles. The van der Waals surface area contributed by atoms with Crippen molar-refractivity contribution < 1.29 is 19.2 Å². The lowest BCUT2D eigenvalue weighted by atomic mass is 10.1. The Morgan fingerprint density at radius 3 is 2.17 bits per heavy atom. The molecule has 0 amide bonds. The predicted molar refractivity (Wildman–Crippen MR) is 109 cm³/mol. The van der Waals surface area contributed by atoms with Gasteiger partial charge in [0, 0.05) is 23.5 Å². The van der Waals surface area contributed by atoms with Gasteiger partial charge in [-0.1, -0.05) is 6.07 Å². The number of allylic oxidation sites excluding steroid dienone is 2. The van der Waals surface area contributed by atoms with Crippen molar-refractivity contribution in [3.05, 3.63) is 86.2 Å². The van der Waals surface area contributed by atoms with Gasteiger partial charge in [-0.3, -0.25) is 14.9 Å². The number of anilines is 1. The second kappa shape index (κ2) is 7.71. The Bertz CT molecular complexity index is 1060. The summed E-state index contributed by atoms with van der Waals surface area (Å²) in [5, 5.41) is 10.9. The largest absolute Gasteiger partial charge is 0.465 e. The second-order valence-electron chi connectivity index (χ2n) is 6.84. The molecule has 7 heteroatoms. The van der Waals surface area contributed by atoms with Crippen LogP contribution in [-0.2, 0) is 14.3 Å². The van der Waals surface area contributed by atoms with Gasteiger partial charge in [0.15, 0.2) is 0 Å². The van der Waals surface area contributed by atoms with Gasteiger partial charge in [0.25, 0.3) is 5.69 Å². The van der Waals surface area contributed by atoms with Crippen molar-refractivity contribution in [1.29, 1.82) is 0 Å². The maximum atomic E-state index is 13.1. The number of hydrogen-bond donors (Lipinski definition) is 0. The first-order valence-electron chi connectivity index (χ1n) is 8.91. The lowest BCUT2D eigenvalue weighted by Gasteiger charge is -2.22. The molecule has 7 nitrogen and oxygen atoms in total. The highest BCUT2D eigenvalue weighted by Crippen LogP contribution is 2.36. The number of benzene rings is 2. The zero-order valence-corrected chi connectivity index (χ0v) is 16.6. The highest BCUT2D eigenvalue weighted by molar-refractivity contribution is 6.30. The first-order valence-corrected chi connectivity index (χ1v) is 8.91. The average molecular weight is 392 g/mol. The standard InChI is InChI=1S/C22H20N2O5/c1-13-9-14(2)11-18(10-13)23-15(3)20(22(26)29-4)21(25)19(23)12-16-5-7-17(8-6-16)24(27)28/h5-12H,1-4H3/b19-12+. The summed E-state index contributed by atoms with van der Waals surface area (Å²) in [6.07, 6.45) is 1.61. The van der Waals surface area contributed by atoms with Crippen molar-refractivity contribution >= 4 is 29.2 Å². The molecule has 2 aromatic carbocycles.